The summed E-state index contributed by atoms with van der Waals surface area (Å²) in [5.41, 5.74) is 4.17. The molecule has 0 spiro atoms. The molecule has 0 aliphatic rings. The molecule has 7 nitrogen and oxygen atoms in total. The van der Waals surface area contributed by atoms with Crippen molar-refractivity contribution in [2.45, 2.75) is 81.2 Å². The van der Waals surface area contributed by atoms with Crippen LogP contribution >= 0.6 is 0 Å². The van der Waals surface area contributed by atoms with Crippen LogP contribution in [0.15, 0.2) is 0 Å². The van der Waals surface area contributed by atoms with Crippen LogP contribution in [-0.4, -0.2) is 50.8 Å². The zero-order valence-corrected chi connectivity index (χ0v) is 19.6. The first-order valence-electron chi connectivity index (χ1n) is 10.2. The summed E-state index contributed by atoms with van der Waals surface area (Å²) < 4.78 is 0. The first-order chi connectivity index (χ1) is 12.9. The predicted molar refractivity (Wildman–Crippen MR) is 118 cm³/mol. The first kappa shape index (κ1) is 36.4. The van der Waals surface area contributed by atoms with Crippen molar-refractivity contribution >= 4 is 18.1 Å². The molecule has 1 unspecified atom stereocenters. The molecule has 0 bridgehead atoms. The molecule has 0 saturated carbocycles. The van der Waals surface area contributed by atoms with Gasteiger partial charge in [-0.15, -0.1) is 0 Å². The van der Waals surface area contributed by atoms with Gasteiger partial charge in [0.1, 0.15) is 0 Å². The number of carbonyl (C=O) groups excluding carboxylic acids is 3. The molecule has 0 saturated heterocycles. The van der Waals surface area contributed by atoms with Gasteiger partial charge in [0.05, 0.1) is 12.6 Å². The second-order valence-corrected chi connectivity index (χ2v) is 5.13. The molecule has 27 heavy (non-hydrogen) atoms. The van der Waals surface area contributed by atoms with Crippen molar-refractivity contribution in [1.29, 1.82) is 0 Å². The third kappa shape index (κ3) is 36.3. The Hall–Kier alpha value is -1.47. The van der Waals surface area contributed by atoms with Crippen molar-refractivity contribution < 1.29 is 14.4 Å². The summed E-state index contributed by atoms with van der Waals surface area (Å²) in [5.74, 6) is 0.192. The molecule has 0 aliphatic heterocycles. The number of hydrogen-bond donors (Lipinski definition) is 4. The Morgan fingerprint density at radius 3 is 1.70 bits per heavy atom. The van der Waals surface area contributed by atoms with Gasteiger partial charge < -0.3 is 21.7 Å². The van der Waals surface area contributed by atoms with Crippen molar-refractivity contribution in [3.05, 3.63) is 0 Å². The van der Waals surface area contributed by atoms with Crippen LogP contribution in [-0.2, 0) is 14.4 Å². The van der Waals surface area contributed by atoms with Crippen LogP contribution in [0, 0.1) is 5.92 Å². The fourth-order valence-electron chi connectivity index (χ4n) is 1.52. The maximum Gasteiger partial charge on any atom is 0.237 e. The van der Waals surface area contributed by atoms with Gasteiger partial charge >= 0.3 is 0 Å². The topological polar surface area (TPSA) is 113 Å². The molecule has 166 valence electrons. The standard InChI is InChI=1S/C11H22N2O2.C4H11N.2C2H6.CH3NO/c1-5-9(14)7-13-11(15)10(8(3)4)12-6-2;1-3-4-5-2;2*1-2;2-1-3/h8,10,12H,5-7H2,1-4H3,(H,13,15);5H,3-4H2,1-2H3;2*1-2H3;1H,(H2,2,3). The summed E-state index contributed by atoms with van der Waals surface area (Å²) in [7, 11) is 1.96. The maximum atomic E-state index is 11.7. The highest BCUT2D eigenvalue weighted by Crippen LogP contribution is 2.01. The summed E-state index contributed by atoms with van der Waals surface area (Å²) in [6.07, 6.45) is 1.95. The molecule has 2 amide bonds. The van der Waals surface area contributed by atoms with Crippen LogP contribution in [0.25, 0.3) is 0 Å². The molecule has 0 fully saturated rings. The highest BCUT2D eigenvalue weighted by molar-refractivity contribution is 5.88. The SMILES string of the molecule is CC.CC.CCCNC.CCNC(C(=O)NCC(=O)CC)C(C)C.NC=O. The van der Waals surface area contributed by atoms with Gasteiger partial charge in [-0.25, -0.2) is 0 Å². The van der Waals surface area contributed by atoms with Crippen LogP contribution in [0.1, 0.15) is 75.2 Å². The van der Waals surface area contributed by atoms with Crippen molar-refractivity contribution in [1.82, 2.24) is 16.0 Å². The van der Waals surface area contributed by atoms with E-state index in [1.807, 2.05) is 55.5 Å². The molecule has 0 aromatic heterocycles. The van der Waals surface area contributed by atoms with Crippen LogP contribution in [0.3, 0.4) is 0 Å². The first-order valence-corrected chi connectivity index (χ1v) is 10.2. The van der Waals surface area contributed by atoms with Crippen molar-refractivity contribution in [3.63, 3.8) is 0 Å². The van der Waals surface area contributed by atoms with E-state index >= 15 is 0 Å². The van der Waals surface area contributed by atoms with Gasteiger partial charge in [0.25, 0.3) is 0 Å². The highest BCUT2D eigenvalue weighted by Gasteiger charge is 2.20. The second kappa shape index (κ2) is 35.6. The van der Waals surface area contributed by atoms with Gasteiger partial charge in [-0.3, -0.25) is 14.4 Å². The predicted octanol–water partition coefficient (Wildman–Crippen LogP) is 2.49. The molecule has 0 aliphatic carbocycles. The van der Waals surface area contributed by atoms with E-state index in [2.05, 4.69) is 28.6 Å². The van der Waals surface area contributed by atoms with E-state index in [0.29, 0.717) is 6.42 Å². The lowest BCUT2D eigenvalue weighted by atomic mass is 10.0. The molecule has 0 aromatic carbocycles. The Balaban J connectivity index is -0.000000111. The number of likely N-dealkylation sites (N-methyl/N-ethyl adjacent to an activating group) is 1. The third-order valence-electron chi connectivity index (χ3n) is 2.73. The Labute approximate surface area is 168 Å². The van der Waals surface area contributed by atoms with Crippen LogP contribution in [0.5, 0.6) is 0 Å². The van der Waals surface area contributed by atoms with Crippen molar-refractivity contribution in [3.8, 4) is 0 Å². The smallest absolute Gasteiger partial charge is 0.237 e. The van der Waals surface area contributed by atoms with Crippen molar-refractivity contribution in [2.75, 3.05) is 26.7 Å². The maximum absolute atomic E-state index is 11.7. The fourth-order valence-corrected chi connectivity index (χ4v) is 1.52. The zero-order valence-electron chi connectivity index (χ0n) is 19.6. The van der Waals surface area contributed by atoms with E-state index in [1.54, 1.807) is 6.92 Å². The minimum absolute atomic E-state index is 0.0577. The Kier molecular flexibility index (Phi) is 48.1. The highest BCUT2D eigenvalue weighted by atomic mass is 16.2. The number of Topliss-reactive ketones (excluding diaryl/α,β-unsaturated/α-hetero) is 1. The average Bonchev–Trinajstić information content (AvgIpc) is 2.68. The number of carbonyl (C=O) groups is 3. The normalized spacial score (nSPS) is 9.44. The van der Waals surface area contributed by atoms with Crippen molar-refractivity contribution in [2.24, 2.45) is 11.7 Å². The second-order valence-electron chi connectivity index (χ2n) is 5.13. The molecule has 7 heteroatoms. The van der Waals surface area contributed by atoms with E-state index < -0.39 is 0 Å². The molecule has 1 atom stereocenters. The lowest BCUT2D eigenvalue weighted by Crippen LogP contribution is -2.48. The number of amides is 2. The van der Waals surface area contributed by atoms with Crippen LogP contribution < -0.4 is 21.7 Å². The summed E-state index contributed by atoms with van der Waals surface area (Å²) in [4.78, 5) is 31.3. The molecule has 5 N–H and O–H groups in total. The summed E-state index contributed by atoms with van der Waals surface area (Å²) in [5, 5.41) is 8.77. The quantitative estimate of drug-likeness (QED) is 0.450. The average molecular weight is 393 g/mol. The minimum atomic E-state index is -0.209. The lowest BCUT2D eigenvalue weighted by molar-refractivity contribution is -0.127. The van der Waals surface area contributed by atoms with Gasteiger partial charge in [0.15, 0.2) is 5.78 Å². The Morgan fingerprint density at radius 2 is 1.48 bits per heavy atom. The summed E-state index contributed by atoms with van der Waals surface area (Å²) >= 11 is 0. The number of ketones is 1. The molecular weight excluding hydrogens is 344 g/mol. The minimum Gasteiger partial charge on any atom is -0.372 e. The van der Waals surface area contributed by atoms with Crippen LogP contribution in [0.4, 0.5) is 0 Å². The monoisotopic (exact) mass is 392 g/mol. The number of nitrogens with one attached hydrogen (secondary N) is 3. The van der Waals surface area contributed by atoms with E-state index in [1.165, 1.54) is 6.42 Å². The van der Waals surface area contributed by atoms with E-state index in [0.717, 1.165) is 13.1 Å². The van der Waals surface area contributed by atoms with Crippen LogP contribution in [0.2, 0.25) is 0 Å². The number of nitrogens with two attached hydrogens (primary N) is 1. The Morgan fingerprint density at radius 1 is 1.04 bits per heavy atom. The molecule has 0 rings (SSSR count). The number of primary amides is 1. The number of rotatable bonds is 9. The van der Waals surface area contributed by atoms with E-state index in [9.17, 15) is 9.59 Å². The molecule has 0 aromatic rings. The molecular formula is C20H48N4O3. The summed E-state index contributed by atoms with van der Waals surface area (Å²) in [6, 6.07) is -0.209. The van der Waals surface area contributed by atoms with Gasteiger partial charge in [0, 0.05) is 6.42 Å². The zero-order chi connectivity index (χ0) is 22.7. The third-order valence-corrected chi connectivity index (χ3v) is 2.73. The molecule has 0 heterocycles. The Bertz CT molecular complexity index is 297. The number of hydrogen-bond acceptors (Lipinski definition) is 5. The largest absolute Gasteiger partial charge is 0.372 e. The van der Waals surface area contributed by atoms with E-state index in [4.69, 9.17) is 4.79 Å². The van der Waals surface area contributed by atoms with E-state index in [-0.39, 0.29) is 36.6 Å². The van der Waals surface area contributed by atoms with Gasteiger partial charge in [-0.05, 0) is 32.5 Å². The fraction of sp³-hybridized carbons (Fsp3) is 0.850. The van der Waals surface area contributed by atoms with Gasteiger partial charge in [0.2, 0.25) is 12.3 Å². The lowest BCUT2D eigenvalue weighted by Gasteiger charge is -2.20. The van der Waals surface area contributed by atoms with Gasteiger partial charge in [-0.1, -0.05) is 62.3 Å². The van der Waals surface area contributed by atoms with Gasteiger partial charge in [-0.2, -0.15) is 0 Å². The summed E-state index contributed by atoms with van der Waals surface area (Å²) in [6.45, 7) is 19.9. The molecule has 0 radical (unpaired) electrons.